The molecule has 0 aliphatic heterocycles. The second kappa shape index (κ2) is 5.23. The Balaban J connectivity index is 3.18. The van der Waals surface area contributed by atoms with Crippen LogP contribution in [0, 0.1) is 0 Å². The third-order valence-corrected chi connectivity index (χ3v) is 2.24. The Kier molecular flexibility index (Phi) is 3.93. The van der Waals surface area contributed by atoms with Gasteiger partial charge in [0.1, 0.15) is 0 Å². The van der Waals surface area contributed by atoms with Crippen LogP contribution in [0.25, 0.3) is 6.08 Å². The summed E-state index contributed by atoms with van der Waals surface area (Å²) in [5.41, 5.74) is 3.83. The first-order valence-electron chi connectivity index (χ1n) is 4.78. The molecule has 1 rings (SSSR count). The molecular formula is C14H16. The van der Waals surface area contributed by atoms with Crippen LogP contribution in [0.1, 0.15) is 16.7 Å². The number of benzene rings is 1. The predicted molar refractivity (Wildman–Crippen MR) is 64.3 cm³/mol. The lowest BCUT2D eigenvalue weighted by Gasteiger charge is -2.09. The Morgan fingerprint density at radius 2 is 1.71 bits per heavy atom. The zero-order valence-electron chi connectivity index (χ0n) is 8.50. The lowest BCUT2D eigenvalue weighted by atomic mass is 9.96. The van der Waals surface area contributed by atoms with Gasteiger partial charge in [-0.3, -0.25) is 0 Å². The number of rotatable bonds is 5. The molecule has 0 aliphatic carbocycles. The van der Waals surface area contributed by atoms with Crippen molar-refractivity contribution in [1.29, 1.82) is 0 Å². The maximum Gasteiger partial charge on any atom is -0.00913 e. The fourth-order valence-electron chi connectivity index (χ4n) is 1.59. The molecule has 0 spiro atoms. The number of hydrogen-bond acceptors (Lipinski definition) is 0. The molecule has 0 saturated heterocycles. The topological polar surface area (TPSA) is 0 Å². The fraction of sp³-hybridized carbons (Fsp3) is 0.143. The van der Waals surface area contributed by atoms with Crippen molar-refractivity contribution < 1.29 is 0 Å². The molecule has 0 saturated carbocycles. The van der Waals surface area contributed by atoms with Crippen molar-refractivity contribution in [3.05, 3.63) is 66.8 Å². The van der Waals surface area contributed by atoms with Gasteiger partial charge < -0.3 is 0 Å². The molecule has 0 unspecified atom stereocenters. The molecule has 0 heterocycles. The van der Waals surface area contributed by atoms with Crippen molar-refractivity contribution in [3.8, 4) is 0 Å². The Morgan fingerprint density at radius 3 is 2.29 bits per heavy atom. The second-order valence-corrected chi connectivity index (χ2v) is 3.17. The summed E-state index contributed by atoms with van der Waals surface area (Å²) in [5, 5.41) is 0. The van der Waals surface area contributed by atoms with Crippen LogP contribution in [0.4, 0.5) is 0 Å². The molecule has 0 fully saturated rings. The highest BCUT2D eigenvalue weighted by atomic mass is 14.1. The zero-order chi connectivity index (χ0) is 10.4. The fourth-order valence-corrected chi connectivity index (χ4v) is 1.59. The minimum Gasteiger partial charge on any atom is -0.103 e. The first-order valence-corrected chi connectivity index (χ1v) is 4.78. The zero-order valence-corrected chi connectivity index (χ0v) is 8.50. The Hall–Kier alpha value is -1.56. The van der Waals surface area contributed by atoms with Gasteiger partial charge in [-0.15, -0.1) is 13.2 Å². The SMILES string of the molecule is C=CCc1cccc(C=C)c1CC=C. The molecule has 72 valence electrons. The van der Waals surface area contributed by atoms with E-state index in [9.17, 15) is 0 Å². The predicted octanol–water partition coefficient (Wildman–Crippen LogP) is 3.79. The van der Waals surface area contributed by atoms with Gasteiger partial charge in [0.2, 0.25) is 0 Å². The summed E-state index contributed by atoms with van der Waals surface area (Å²) in [4.78, 5) is 0. The van der Waals surface area contributed by atoms with Crippen molar-refractivity contribution in [3.63, 3.8) is 0 Å². The molecule has 0 aromatic heterocycles. The van der Waals surface area contributed by atoms with Gasteiger partial charge in [-0.2, -0.15) is 0 Å². The highest BCUT2D eigenvalue weighted by Crippen LogP contribution is 2.18. The third-order valence-electron chi connectivity index (χ3n) is 2.24. The second-order valence-electron chi connectivity index (χ2n) is 3.17. The van der Waals surface area contributed by atoms with E-state index >= 15 is 0 Å². The lowest BCUT2D eigenvalue weighted by molar-refractivity contribution is 1.15. The smallest absolute Gasteiger partial charge is 0.00913 e. The highest BCUT2D eigenvalue weighted by molar-refractivity contribution is 5.55. The van der Waals surface area contributed by atoms with Crippen molar-refractivity contribution >= 4 is 6.08 Å². The van der Waals surface area contributed by atoms with Gasteiger partial charge in [-0.05, 0) is 29.5 Å². The molecule has 0 bridgehead atoms. The van der Waals surface area contributed by atoms with E-state index in [-0.39, 0.29) is 0 Å². The van der Waals surface area contributed by atoms with Gasteiger partial charge in [0, 0.05) is 0 Å². The molecule has 1 aromatic rings. The largest absolute Gasteiger partial charge is 0.103 e. The number of hydrogen-bond donors (Lipinski definition) is 0. The molecule has 0 nitrogen and oxygen atoms in total. The molecule has 0 amide bonds. The maximum atomic E-state index is 3.81. The van der Waals surface area contributed by atoms with Gasteiger partial charge in [-0.1, -0.05) is 43.0 Å². The van der Waals surface area contributed by atoms with Crippen LogP contribution >= 0.6 is 0 Å². The van der Waals surface area contributed by atoms with Crippen molar-refractivity contribution in [2.75, 3.05) is 0 Å². The van der Waals surface area contributed by atoms with Gasteiger partial charge >= 0.3 is 0 Å². The summed E-state index contributed by atoms with van der Waals surface area (Å²) < 4.78 is 0. The monoisotopic (exact) mass is 184 g/mol. The van der Waals surface area contributed by atoms with E-state index in [4.69, 9.17) is 0 Å². The minimum atomic E-state index is 0.894. The van der Waals surface area contributed by atoms with Gasteiger partial charge in [-0.25, -0.2) is 0 Å². The van der Waals surface area contributed by atoms with Crippen LogP contribution in [0.5, 0.6) is 0 Å². The average Bonchev–Trinajstić information content (AvgIpc) is 2.21. The summed E-state index contributed by atoms with van der Waals surface area (Å²) in [6.07, 6.45) is 7.55. The number of allylic oxidation sites excluding steroid dienone is 2. The quantitative estimate of drug-likeness (QED) is 0.611. The van der Waals surface area contributed by atoms with Crippen LogP contribution < -0.4 is 0 Å². The summed E-state index contributed by atoms with van der Waals surface area (Å²) in [6.45, 7) is 11.3. The van der Waals surface area contributed by atoms with E-state index < -0.39 is 0 Å². The van der Waals surface area contributed by atoms with E-state index in [0.29, 0.717) is 0 Å². The van der Waals surface area contributed by atoms with Crippen molar-refractivity contribution in [1.82, 2.24) is 0 Å². The third kappa shape index (κ3) is 2.23. The standard InChI is InChI=1S/C14H16/c1-4-8-13-11-7-10-12(6-3)14(13)9-5-2/h4-7,10-11H,1-3,8-9H2. The van der Waals surface area contributed by atoms with Crippen molar-refractivity contribution in [2.45, 2.75) is 12.8 Å². The van der Waals surface area contributed by atoms with E-state index in [2.05, 4.69) is 37.9 Å². The minimum absolute atomic E-state index is 0.894. The highest BCUT2D eigenvalue weighted by Gasteiger charge is 2.02. The maximum absolute atomic E-state index is 3.81. The summed E-state index contributed by atoms with van der Waals surface area (Å²) in [6, 6.07) is 6.27. The van der Waals surface area contributed by atoms with Crippen LogP contribution in [0.3, 0.4) is 0 Å². The normalized spacial score (nSPS) is 9.43. The average molecular weight is 184 g/mol. The summed E-state index contributed by atoms with van der Waals surface area (Å²) in [7, 11) is 0. The Morgan fingerprint density at radius 1 is 1.00 bits per heavy atom. The van der Waals surface area contributed by atoms with E-state index in [1.807, 2.05) is 18.2 Å². The molecule has 0 aliphatic rings. The van der Waals surface area contributed by atoms with Gasteiger partial charge in [0.25, 0.3) is 0 Å². The molecule has 0 radical (unpaired) electrons. The van der Waals surface area contributed by atoms with Crippen LogP contribution in [0.15, 0.2) is 50.1 Å². The molecular weight excluding hydrogens is 168 g/mol. The first kappa shape index (κ1) is 10.5. The summed E-state index contributed by atoms with van der Waals surface area (Å²) >= 11 is 0. The molecule has 14 heavy (non-hydrogen) atoms. The van der Waals surface area contributed by atoms with Crippen molar-refractivity contribution in [2.24, 2.45) is 0 Å². The lowest BCUT2D eigenvalue weighted by Crippen LogP contribution is -1.94. The molecule has 0 N–H and O–H groups in total. The molecule has 1 aromatic carbocycles. The van der Waals surface area contributed by atoms with Crippen LogP contribution in [0.2, 0.25) is 0 Å². The van der Waals surface area contributed by atoms with E-state index in [1.54, 1.807) is 0 Å². The first-order chi connectivity index (χ1) is 6.83. The summed E-state index contributed by atoms with van der Waals surface area (Å²) in [5.74, 6) is 0. The van der Waals surface area contributed by atoms with E-state index in [1.165, 1.54) is 16.7 Å². The Bertz CT molecular complexity index is 345. The molecule has 0 heteroatoms. The Labute approximate surface area is 86.3 Å². The van der Waals surface area contributed by atoms with Gasteiger partial charge in [0.05, 0.1) is 0 Å². The molecule has 0 atom stereocenters. The van der Waals surface area contributed by atoms with Gasteiger partial charge in [0.15, 0.2) is 0 Å². The van der Waals surface area contributed by atoms with E-state index in [0.717, 1.165) is 12.8 Å². The van der Waals surface area contributed by atoms with Crippen LogP contribution in [-0.2, 0) is 12.8 Å². The van der Waals surface area contributed by atoms with Crippen LogP contribution in [-0.4, -0.2) is 0 Å².